The van der Waals surface area contributed by atoms with Crippen molar-refractivity contribution in [3.05, 3.63) is 35.9 Å². The van der Waals surface area contributed by atoms with Gasteiger partial charge in [0.05, 0.1) is 23.5 Å². The highest BCUT2D eigenvalue weighted by atomic mass is 16.6. The Morgan fingerprint density at radius 2 is 1.42 bits per heavy atom. The minimum atomic E-state index is -0.452. The molecule has 0 bridgehead atoms. The molecule has 0 aliphatic heterocycles. The summed E-state index contributed by atoms with van der Waals surface area (Å²) in [7, 11) is 0. The molecule has 8 nitrogen and oxygen atoms in total. The molecule has 1 fully saturated rings. The molecule has 2 aromatic rings. The van der Waals surface area contributed by atoms with Gasteiger partial charge in [-0.3, -0.25) is 9.36 Å². The molecule has 8 heteroatoms. The van der Waals surface area contributed by atoms with Gasteiger partial charge in [-0.15, -0.1) is 0 Å². The van der Waals surface area contributed by atoms with E-state index in [0.717, 1.165) is 0 Å². The molecule has 0 saturated heterocycles. The Balaban J connectivity index is 1.57. The average Bonchev–Trinajstić information content (AvgIpc) is 3.29. The summed E-state index contributed by atoms with van der Waals surface area (Å²) < 4.78 is 14.5. The van der Waals surface area contributed by atoms with Crippen LogP contribution in [-0.4, -0.2) is 43.7 Å². The lowest BCUT2D eigenvalue weighted by molar-refractivity contribution is -0.154. The third kappa shape index (κ3) is 3.36. The lowest BCUT2D eigenvalue weighted by Crippen LogP contribution is -2.56. The molecule has 1 saturated carbocycles. The van der Waals surface area contributed by atoms with E-state index in [0.29, 0.717) is 30.6 Å². The number of aryl methyl sites for hydroxylation is 2. The van der Waals surface area contributed by atoms with Crippen LogP contribution in [0.2, 0.25) is 0 Å². The maximum absolute atomic E-state index is 12.3. The van der Waals surface area contributed by atoms with Crippen molar-refractivity contribution >= 4 is 11.9 Å². The van der Waals surface area contributed by atoms with Gasteiger partial charge in [-0.2, -0.15) is 10.2 Å². The Bertz CT molecular complexity index is 743. The monoisotopic (exact) mass is 360 g/mol. The van der Waals surface area contributed by atoms with E-state index in [2.05, 4.69) is 10.2 Å². The smallest absolute Gasteiger partial charge is 0.341 e. The fraction of sp³-hybridized carbons (Fsp3) is 0.556. The van der Waals surface area contributed by atoms with Crippen LogP contribution < -0.4 is 0 Å². The molecule has 2 aromatic heterocycles. The van der Waals surface area contributed by atoms with Crippen molar-refractivity contribution in [1.29, 1.82) is 0 Å². The van der Waals surface area contributed by atoms with Crippen molar-refractivity contribution < 1.29 is 19.1 Å². The summed E-state index contributed by atoms with van der Waals surface area (Å²) in [6.07, 6.45) is 6.19. The summed E-state index contributed by atoms with van der Waals surface area (Å²) in [6, 6.07) is 0. The van der Waals surface area contributed by atoms with Crippen LogP contribution in [0.1, 0.15) is 54.8 Å². The molecule has 2 atom stereocenters. The summed E-state index contributed by atoms with van der Waals surface area (Å²) in [6.45, 7) is 9.12. The van der Waals surface area contributed by atoms with Crippen molar-refractivity contribution in [3.8, 4) is 0 Å². The van der Waals surface area contributed by atoms with Gasteiger partial charge in [0.1, 0.15) is 12.2 Å². The number of carbonyl (C=O) groups is 2. The Hall–Kier alpha value is -2.64. The van der Waals surface area contributed by atoms with E-state index >= 15 is 0 Å². The van der Waals surface area contributed by atoms with Crippen LogP contribution in [0, 0.1) is 5.41 Å². The summed E-state index contributed by atoms with van der Waals surface area (Å²) in [4.78, 5) is 24.5. The average molecular weight is 360 g/mol. The zero-order chi connectivity index (χ0) is 18.9. The number of rotatable bonds is 6. The van der Waals surface area contributed by atoms with E-state index < -0.39 is 17.4 Å². The second-order valence-electron chi connectivity index (χ2n) is 7.01. The van der Waals surface area contributed by atoms with Crippen LogP contribution in [0.4, 0.5) is 0 Å². The standard InChI is InChI=1S/C18H24N4O4/c1-5-21-10-12(8-19-21)16(23)25-14-7-15(18(14,3)4)26-17(24)13-9-20-22(6-2)11-13/h8-11,14-15H,5-7H2,1-4H3. The van der Waals surface area contributed by atoms with Crippen LogP contribution in [0.3, 0.4) is 0 Å². The Morgan fingerprint density at radius 1 is 1.00 bits per heavy atom. The maximum atomic E-state index is 12.3. The number of esters is 2. The molecule has 0 amide bonds. The third-order valence-corrected chi connectivity index (χ3v) is 4.97. The number of hydrogen-bond acceptors (Lipinski definition) is 6. The third-order valence-electron chi connectivity index (χ3n) is 4.97. The van der Waals surface area contributed by atoms with Crippen molar-refractivity contribution in [2.45, 2.75) is 59.4 Å². The highest BCUT2D eigenvalue weighted by molar-refractivity contribution is 5.89. The van der Waals surface area contributed by atoms with Crippen LogP contribution in [0.15, 0.2) is 24.8 Å². The number of aromatic nitrogens is 4. The molecule has 140 valence electrons. The predicted molar refractivity (Wildman–Crippen MR) is 92.6 cm³/mol. The Morgan fingerprint density at radius 3 is 1.73 bits per heavy atom. The van der Waals surface area contributed by atoms with Crippen molar-refractivity contribution in [2.24, 2.45) is 5.41 Å². The molecule has 0 N–H and O–H groups in total. The summed E-state index contributed by atoms with van der Waals surface area (Å²) in [5, 5.41) is 8.16. The molecule has 2 unspecified atom stereocenters. The fourth-order valence-corrected chi connectivity index (χ4v) is 2.93. The first kappa shape index (κ1) is 18.2. The van der Waals surface area contributed by atoms with Gasteiger partial charge in [0.15, 0.2) is 0 Å². The van der Waals surface area contributed by atoms with Gasteiger partial charge in [0.25, 0.3) is 0 Å². The van der Waals surface area contributed by atoms with Gasteiger partial charge < -0.3 is 9.47 Å². The summed E-state index contributed by atoms with van der Waals surface area (Å²) in [5.41, 5.74) is 0.400. The predicted octanol–water partition coefficient (Wildman–Crippen LogP) is 2.30. The molecular weight excluding hydrogens is 336 g/mol. The van der Waals surface area contributed by atoms with E-state index in [1.54, 1.807) is 21.8 Å². The fourth-order valence-electron chi connectivity index (χ4n) is 2.93. The summed E-state index contributed by atoms with van der Waals surface area (Å²) in [5.74, 6) is -0.812. The van der Waals surface area contributed by atoms with Crippen molar-refractivity contribution in [3.63, 3.8) is 0 Å². The van der Waals surface area contributed by atoms with E-state index in [9.17, 15) is 9.59 Å². The van der Waals surface area contributed by atoms with E-state index in [4.69, 9.17) is 9.47 Å². The highest BCUT2D eigenvalue weighted by Gasteiger charge is 2.53. The maximum Gasteiger partial charge on any atom is 0.341 e. The molecule has 3 rings (SSSR count). The molecule has 0 aromatic carbocycles. The number of nitrogens with zero attached hydrogens (tertiary/aromatic N) is 4. The van der Waals surface area contributed by atoms with E-state index in [-0.39, 0.29) is 12.2 Å². The molecule has 0 radical (unpaired) electrons. The van der Waals surface area contributed by atoms with Crippen molar-refractivity contribution in [1.82, 2.24) is 19.6 Å². The number of hydrogen-bond donors (Lipinski definition) is 0. The van der Waals surface area contributed by atoms with Gasteiger partial charge >= 0.3 is 11.9 Å². The normalized spacial score (nSPS) is 21.1. The second-order valence-corrected chi connectivity index (χ2v) is 7.01. The topological polar surface area (TPSA) is 88.2 Å². The highest BCUT2D eigenvalue weighted by Crippen LogP contribution is 2.45. The largest absolute Gasteiger partial charge is 0.458 e. The van der Waals surface area contributed by atoms with Crippen LogP contribution in [0.25, 0.3) is 0 Å². The second kappa shape index (κ2) is 6.93. The van der Waals surface area contributed by atoms with Gasteiger partial charge in [-0.25, -0.2) is 9.59 Å². The molecule has 0 spiro atoms. The van der Waals surface area contributed by atoms with Gasteiger partial charge in [0.2, 0.25) is 0 Å². The first-order valence-electron chi connectivity index (χ1n) is 8.82. The van der Waals surface area contributed by atoms with Gasteiger partial charge in [-0.1, -0.05) is 13.8 Å². The quantitative estimate of drug-likeness (QED) is 0.735. The molecule has 2 heterocycles. The number of ether oxygens (including phenoxy) is 2. The zero-order valence-electron chi connectivity index (χ0n) is 15.5. The van der Waals surface area contributed by atoms with E-state index in [1.165, 1.54) is 12.4 Å². The SMILES string of the molecule is CCn1cc(C(=O)OC2CC(OC(=O)c3cnn(CC)c3)C2(C)C)cn1. The van der Waals surface area contributed by atoms with Crippen LogP contribution >= 0.6 is 0 Å². The van der Waals surface area contributed by atoms with E-state index in [1.807, 2.05) is 27.7 Å². The molecule has 26 heavy (non-hydrogen) atoms. The minimum absolute atomic E-state index is 0.309. The van der Waals surface area contributed by atoms with Crippen LogP contribution in [0.5, 0.6) is 0 Å². The van der Waals surface area contributed by atoms with Gasteiger partial charge in [0, 0.05) is 37.3 Å². The zero-order valence-corrected chi connectivity index (χ0v) is 15.5. The first-order chi connectivity index (χ1) is 12.3. The Kier molecular flexibility index (Phi) is 4.84. The lowest BCUT2D eigenvalue weighted by atomic mass is 9.66. The summed E-state index contributed by atoms with van der Waals surface area (Å²) >= 11 is 0. The Labute approximate surface area is 152 Å². The first-order valence-corrected chi connectivity index (χ1v) is 8.82. The van der Waals surface area contributed by atoms with Crippen molar-refractivity contribution in [2.75, 3.05) is 0 Å². The minimum Gasteiger partial charge on any atom is -0.458 e. The lowest BCUT2D eigenvalue weighted by Gasteiger charge is -2.49. The molecule has 1 aliphatic carbocycles. The number of carbonyl (C=O) groups excluding carboxylic acids is 2. The molecule has 1 aliphatic rings. The van der Waals surface area contributed by atoms with Gasteiger partial charge in [-0.05, 0) is 13.8 Å². The van der Waals surface area contributed by atoms with Crippen LogP contribution in [-0.2, 0) is 22.6 Å². The molecular formula is C18H24N4O4.